The molecule has 0 atom stereocenters. The van der Waals surface area contributed by atoms with Gasteiger partial charge in [-0.1, -0.05) is 0 Å². The van der Waals surface area contributed by atoms with Crippen LogP contribution in [-0.2, 0) is 11.3 Å². The van der Waals surface area contributed by atoms with Gasteiger partial charge >= 0.3 is 6.09 Å². The summed E-state index contributed by atoms with van der Waals surface area (Å²) in [5.41, 5.74) is 6.66. The minimum absolute atomic E-state index is 0.356. The molecule has 1 aromatic heterocycles. The summed E-state index contributed by atoms with van der Waals surface area (Å²) in [4.78, 5) is 11.5. The summed E-state index contributed by atoms with van der Waals surface area (Å²) < 4.78 is 20.6. The van der Waals surface area contributed by atoms with Crippen molar-refractivity contribution in [1.82, 2.24) is 15.1 Å². The minimum Gasteiger partial charge on any atom is -0.444 e. The molecule has 3 N–H and O–H groups in total. The Hall–Kier alpha value is -2.57. The van der Waals surface area contributed by atoms with Crippen molar-refractivity contribution in [3.05, 3.63) is 36.4 Å². The van der Waals surface area contributed by atoms with Crippen LogP contribution in [0.5, 0.6) is 0 Å². The van der Waals surface area contributed by atoms with Crippen molar-refractivity contribution in [3.8, 4) is 11.1 Å². The van der Waals surface area contributed by atoms with Crippen LogP contribution in [0.2, 0.25) is 0 Å². The van der Waals surface area contributed by atoms with Crippen molar-refractivity contribution in [1.29, 1.82) is 0 Å². The molecular formula is C16H21FN4O2. The maximum atomic E-state index is 13.8. The number of nitrogens with two attached hydrogens (primary N) is 1. The van der Waals surface area contributed by atoms with Crippen LogP contribution in [-0.4, -0.2) is 28.0 Å². The number of benzene rings is 1. The summed E-state index contributed by atoms with van der Waals surface area (Å²) in [5.74, 6) is -0.356. The van der Waals surface area contributed by atoms with Crippen molar-refractivity contribution >= 4 is 11.8 Å². The number of hydrogen-bond donors (Lipinski definition) is 2. The number of anilines is 1. The average molecular weight is 320 g/mol. The summed E-state index contributed by atoms with van der Waals surface area (Å²) in [6.07, 6.45) is 2.78. The van der Waals surface area contributed by atoms with Gasteiger partial charge in [-0.15, -0.1) is 0 Å². The molecule has 0 spiro atoms. The fraction of sp³-hybridized carbons (Fsp3) is 0.375. The topological polar surface area (TPSA) is 82.2 Å². The molecule has 2 aromatic rings. The van der Waals surface area contributed by atoms with E-state index in [4.69, 9.17) is 10.5 Å². The smallest absolute Gasteiger partial charge is 0.407 e. The van der Waals surface area contributed by atoms with Gasteiger partial charge in [-0.25, -0.2) is 9.18 Å². The van der Waals surface area contributed by atoms with E-state index in [2.05, 4.69) is 10.4 Å². The number of hydrogen-bond acceptors (Lipinski definition) is 4. The Morgan fingerprint density at radius 2 is 2.17 bits per heavy atom. The van der Waals surface area contributed by atoms with Gasteiger partial charge in [0.15, 0.2) is 0 Å². The second kappa shape index (κ2) is 6.68. The van der Waals surface area contributed by atoms with Crippen LogP contribution in [0.3, 0.4) is 0 Å². The molecule has 0 saturated carbocycles. The number of aromatic nitrogens is 2. The number of amides is 1. The van der Waals surface area contributed by atoms with Gasteiger partial charge in [0.25, 0.3) is 0 Å². The van der Waals surface area contributed by atoms with Gasteiger partial charge in [-0.05, 0) is 39.0 Å². The lowest BCUT2D eigenvalue weighted by molar-refractivity contribution is 0.0525. The Kier molecular flexibility index (Phi) is 4.88. The van der Waals surface area contributed by atoms with E-state index in [9.17, 15) is 9.18 Å². The van der Waals surface area contributed by atoms with Crippen molar-refractivity contribution in [2.24, 2.45) is 0 Å². The highest BCUT2D eigenvalue weighted by molar-refractivity contribution is 5.68. The lowest BCUT2D eigenvalue weighted by Crippen LogP contribution is -2.34. The normalized spacial score (nSPS) is 11.3. The summed E-state index contributed by atoms with van der Waals surface area (Å²) in [7, 11) is 0. The minimum atomic E-state index is -0.534. The van der Waals surface area contributed by atoms with Gasteiger partial charge in [0.1, 0.15) is 11.4 Å². The molecule has 0 aliphatic heterocycles. The highest BCUT2D eigenvalue weighted by atomic mass is 19.1. The number of nitrogens with zero attached hydrogens (tertiary/aromatic N) is 2. The first-order valence-electron chi connectivity index (χ1n) is 7.29. The van der Waals surface area contributed by atoms with Crippen LogP contribution < -0.4 is 11.1 Å². The van der Waals surface area contributed by atoms with E-state index in [1.807, 2.05) is 0 Å². The first kappa shape index (κ1) is 16.8. The number of nitrogens with one attached hydrogen (secondary N) is 1. The van der Waals surface area contributed by atoms with E-state index in [1.54, 1.807) is 43.9 Å². The van der Waals surface area contributed by atoms with Gasteiger partial charge in [0, 0.05) is 29.6 Å². The fourth-order valence-corrected chi connectivity index (χ4v) is 1.98. The van der Waals surface area contributed by atoms with E-state index in [0.717, 1.165) is 0 Å². The fourth-order valence-electron chi connectivity index (χ4n) is 1.98. The quantitative estimate of drug-likeness (QED) is 0.849. The third-order valence-electron chi connectivity index (χ3n) is 2.94. The van der Waals surface area contributed by atoms with E-state index >= 15 is 0 Å². The summed E-state index contributed by atoms with van der Waals surface area (Å²) >= 11 is 0. The average Bonchev–Trinajstić information content (AvgIpc) is 2.88. The van der Waals surface area contributed by atoms with Gasteiger partial charge in [0.05, 0.1) is 12.7 Å². The largest absolute Gasteiger partial charge is 0.444 e. The number of alkyl carbamates (subject to hydrolysis) is 1. The molecule has 0 unspecified atom stereocenters. The highest BCUT2D eigenvalue weighted by Crippen LogP contribution is 2.24. The van der Waals surface area contributed by atoms with Crippen molar-refractivity contribution in [2.45, 2.75) is 32.9 Å². The Bertz CT molecular complexity index is 692. The van der Waals surface area contributed by atoms with Crippen molar-refractivity contribution in [2.75, 3.05) is 12.3 Å². The molecular weight excluding hydrogens is 299 g/mol. The zero-order valence-electron chi connectivity index (χ0n) is 13.5. The van der Waals surface area contributed by atoms with Crippen molar-refractivity contribution in [3.63, 3.8) is 0 Å². The standard InChI is InChI=1S/C16H21FN4O2/c1-16(2,3)23-15(22)19-6-7-21-10-11(9-20-21)13-8-12(18)4-5-14(13)17/h4-5,8-10H,6-7,18H2,1-3H3,(H,19,22). The third-order valence-corrected chi connectivity index (χ3v) is 2.94. The predicted octanol–water partition coefficient (Wildman–Crippen LogP) is 2.80. The molecule has 0 saturated heterocycles. The Morgan fingerprint density at radius 3 is 2.87 bits per heavy atom. The van der Waals surface area contributed by atoms with Gasteiger partial charge < -0.3 is 15.8 Å². The molecule has 0 aliphatic rings. The summed E-state index contributed by atoms with van der Waals surface area (Å²) in [5, 5.41) is 6.79. The van der Waals surface area contributed by atoms with Crippen LogP contribution in [0.15, 0.2) is 30.6 Å². The molecule has 7 heteroatoms. The first-order valence-corrected chi connectivity index (χ1v) is 7.29. The maximum Gasteiger partial charge on any atom is 0.407 e. The first-order chi connectivity index (χ1) is 10.7. The van der Waals surface area contributed by atoms with E-state index in [-0.39, 0.29) is 5.82 Å². The molecule has 1 heterocycles. The summed E-state index contributed by atoms with van der Waals surface area (Å²) in [6.45, 7) is 6.20. The molecule has 0 aliphatic carbocycles. The summed E-state index contributed by atoms with van der Waals surface area (Å²) in [6, 6.07) is 4.40. The monoisotopic (exact) mass is 320 g/mol. The molecule has 0 fully saturated rings. The van der Waals surface area contributed by atoms with Crippen LogP contribution >= 0.6 is 0 Å². The van der Waals surface area contributed by atoms with Gasteiger partial charge in [-0.3, -0.25) is 4.68 Å². The van der Waals surface area contributed by atoms with Crippen LogP contribution in [0, 0.1) is 5.82 Å². The lowest BCUT2D eigenvalue weighted by Gasteiger charge is -2.19. The van der Waals surface area contributed by atoms with Gasteiger partial charge in [-0.2, -0.15) is 5.10 Å². The maximum absolute atomic E-state index is 13.8. The predicted molar refractivity (Wildman–Crippen MR) is 86.3 cm³/mol. The Morgan fingerprint density at radius 1 is 1.43 bits per heavy atom. The SMILES string of the molecule is CC(C)(C)OC(=O)NCCn1cc(-c2cc(N)ccc2F)cn1. The second-order valence-electron chi connectivity index (χ2n) is 6.16. The third kappa shape index (κ3) is 4.98. The van der Waals surface area contributed by atoms with Crippen molar-refractivity contribution < 1.29 is 13.9 Å². The van der Waals surface area contributed by atoms with Gasteiger partial charge in [0.2, 0.25) is 0 Å². The van der Waals surface area contributed by atoms with Crippen LogP contribution in [0.1, 0.15) is 20.8 Å². The number of carbonyl (C=O) groups is 1. The molecule has 1 amide bonds. The second-order valence-corrected chi connectivity index (χ2v) is 6.16. The molecule has 23 heavy (non-hydrogen) atoms. The molecule has 124 valence electrons. The molecule has 1 aromatic carbocycles. The van der Waals surface area contributed by atoms with E-state index in [1.165, 1.54) is 12.1 Å². The zero-order chi connectivity index (χ0) is 17.0. The van der Waals surface area contributed by atoms with Crippen LogP contribution in [0.25, 0.3) is 11.1 Å². The highest BCUT2D eigenvalue weighted by Gasteiger charge is 2.15. The number of nitrogen functional groups attached to an aromatic ring is 1. The molecule has 6 nitrogen and oxygen atoms in total. The zero-order valence-corrected chi connectivity index (χ0v) is 13.5. The van der Waals surface area contributed by atoms with E-state index in [0.29, 0.717) is 29.9 Å². The number of halogens is 1. The Labute approximate surface area is 134 Å². The number of rotatable bonds is 4. The lowest BCUT2D eigenvalue weighted by atomic mass is 10.1. The van der Waals surface area contributed by atoms with E-state index < -0.39 is 11.7 Å². The van der Waals surface area contributed by atoms with Crippen LogP contribution in [0.4, 0.5) is 14.9 Å². The number of ether oxygens (including phenoxy) is 1. The Balaban J connectivity index is 1.93. The molecule has 2 rings (SSSR count). The number of carbonyl (C=O) groups excluding carboxylic acids is 1. The molecule has 0 bridgehead atoms. The molecule has 0 radical (unpaired) electrons.